The summed E-state index contributed by atoms with van der Waals surface area (Å²) in [7, 11) is 0. The maximum atomic E-state index is 5.81. The minimum Gasteiger partial charge on any atom is -0.389 e. The third-order valence-electron chi connectivity index (χ3n) is 3.12. The smallest absolute Gasteiger partial charge is 0.106 e. The van der Waals surface area contributed by atoms with Gasteiger partial charge in [0.25, 0.3) is 0 Å². The molecule has 0 saturated heterocycles. The number of rotatable bonds is 4. The fraction of sp³-hybridized carbons (Fsp3) is 0.188. The first-order chi connectivity index (χ1) is 9.13. The van der Waals surface area contributed by atoms with Crippen molar-refractivity contribution in [2.45, 2.75) is 13.8 Å². The average molecular weight is 270 g/mol. The quantitative estimate of drug-likeness (QED) is 0.857. The van der Waals surface area contributed by atoms with Crippen molar-refractivity contribution in [2.24, 2.45) is 5.73 Å². The van der Waals surface area contributed by atoms with Gasteiger partial charge >= 0.3 is 0 Å². The molecule has 2 nitrogen and oxygen atoms in total. The van der Waals surface area contributed by atoms with Gasteiger partial charge in [-0.05, 0) is 38.1 Å². The van der Waals surface area contributed by atoms with E-state index in [1.165, 1.54) is 5.56 Å². The number of thiocarbonyl (C=S) groups is 1. The number of hydrogen-bond donors (Lipinski definition) is 1. The number of para-hydroxylation sites is 1. The van der Waals surface area contributed by atoms with Gasteiger partial charge in [0.15, 0.2) is 0 Å². The molecule has 2 rings (SSSR count). The van der Waals surface area contributed by atoms with Crippen LogP contribution in [0.4, 0.5) is 11.4 Å². The highest BCUT2D eigenvalue weighted by Gasteiger charge is 2.12. The highest BCUT2D eigenvalue weighted by Crippen LogP contribution is 2.28. The van der Waals surface area contributed by atoms with Gasteiger partial charge in [0.05, 0.1) is 5.69 Å². The zero-order valence-electron chi connectivity index (χ0n) is 11.3. The summed E-state index contributed by atoms with van der Waals surface area (Å²) in [4.78, 5) is 2.65. The maximum absolute atomic E-state index is 5.81. The van der Waals surface area contributed by atoms with E-state index >= 15 is 0 Å². The van der Waals surface area contributed by atoms with E-state index in [9.17, 15) is 0 Å². The van der Waals surface area contributed by atoms with Crippen LogP contribution in [-0.4, -0.2) is 11.5 Å². The Balaban J connectivity index is 2.48. The minimum atomic E-state index is 0.432. The van der Waals surface area contributed by atoms with Crippen LogP contribution in [0, 0.1) is 6.92 Å². The van der Waals surface area contributed by atoms with E-state index in [1.807, 2.05) is 18.2 Å². The molecule has 0 bridgehead atoms. The Labute approximate surface area is 119 Å². The molecule has 98 valence electrons. The summed E-state index contributed by atoms with van der Waals surface area (Å²) in [6.45, 7) is 5.07. The van der Waals surface area contributed by atoms with E-state index in [4.69, 9.17) is 18.0 Å². The fourth-order valence-electron chi connectivity index (χ4n) is 2.13. The topological polar surface area (TPSA) is 29.3 Å². The van der Waals surface area contributed by atoms with E-state index < -0.39 is 0 Å². The zero-order chi connectivity index (χ0) is 13.8. The Kier molecular flexibility index (Phi) is 4.17. The maximum Gasteiger partial charge on any atom is 0.106 e. The van der Waals surface area contributed by atoms with E-state index in [-0.39, 0.29) is 0 Å². The third kappa shape index (κ3) is 2.93. The highest BCUT2D eigenvalue weighted by molar-refractivity contribution is 7.80. The summed E-state index contributed by atoms with van der Waals surface area (Å²) < 4.78 is 0. The average Bonchev–Trinajstić information content (AvgIpc) is 2.42. The van der Waals surface area contributed by atoms with Crippen LogP contribution in [0.1, 0.15) is 18.1 Å². The number of nitrogens with zero attached hydrogens (tertiary/aromatic N) is 1. The van der Waals surface area contributed by atoms with Gasteiger partial charge in [-0.15, -0.1) is 0 Å². The summed E-state index contributed by atoms with van der Waals surface area (Å²) in [5.74, 6) is 0. The monoisotopic (exact) mass is 270 g/mol. The molecule has 2 N–H and O–H groups in total. The second-order valence-electron chi connectivity index (χ2n) is 4.46. The molecular weight excluding hydrogens is 252 g/mol. The van der Waals surface area contributed by atoms with Gasteiger partial charge in [-0.25, -0.2) is 0 Å². The summed E-state index contributed by atoms with van der Waals surface area (Å²) in [5, 5.41) is 0. The lowest BCUT2D eigenvalue weighted by Gasteiger charge is -2.25. The lowest BCUT2D eigenvalue weighted by molar-refractivity contribution is 1.02. The largest absolute Gasteiger partial charge is 0.389 e. The van der Waals surface area contributed by atoms with Crippen LogP contribution in [-0.2, 0) is 0 Å². The van der Waals surface area contributed by atoms with Gasteiger partial charge in [-0.3, -0.25) is 0 Å². The highest BCUT2D eigenvalue weighted by atomic mass is 32.1. The number of benzene rings is 2. The van der Waals surface area contributed by atoms with Gasteiger partial charge in [0, 0.05) is 17.8 Å². The van der Waals surface area contributed by atoms with Crippen molar-refractivity contribution >= 4 is 28.6 Å². The first-order valence-electron chi connectivity index (χ1n) is 6.36. The molecule has 0 aromatic heterocycles. The van der Waals surface area contributed by atoms with Crippen LogP contribution < -0.4 is 10.6 Å². The molecule has 0 radical (unpaired) electrons. The molecule has 0 aliphatic rings. The van der Waals surface area contributed by atoms with Crippen molar-refractivity contribution in [2.75, 3.05) is 11.4 Å². The molecule has 0 fully saturated rings. The summed E-state index contributed by atoms with van der Waals surface area (Å²) in [6, 6.07) is 16.5. The Morgan fingerprint density at radius 3 is 2.32 bits per heavy atom. The van der Waals surface area contributed by atoms with E-state index in [2.05, 4.69) is 49.1 Å². The van der Waals surface area contributed by atoms with Gasteiger partial charge in [-0.1, -0.05) is 42.0 Å². The van der Waals surface area contributed by atoms with Crippen LogP contribution in [0.2, 0.25) is 0 Å². The lowest BCUT2D eigenvalue weighted by Crippen LogP contribution is -2.21. The molecule has 0 aliphatic carbocycles. The summed E-state index contributed by atoms with van der Waals surface area (Å²) >= 11 is 5.14. The Hall–Kier alpha value is -1.87. The predicted molar refractivity (Wildman–Crippen MR) is 86.2 cm³/mol. The molecule has 0 aliphatic heterocycles. The second kappa shape index (κ2) is 5.85. The molecule has 2 aromatic carbocycles. The van der Waals surface area contributed by atoms with Crippen molar-refractivity contribution in [1.82, 2.24) is 0 Å². The SMILES string of the molecule is CCN(c1ccc(C)cc1)c1ccccc1C(N)=S. The summed E-state index contributed by atoms with van der Waals surface area (Å²) in [6.07, 6.45) is 0. The number of nitrogens with two attached hydrogens (primary N) is 1. The number of aryl methyl sites for hydroxylation is 1. The number of anilines is 2. The first kappa shape index (κ1) is 13.6. The molecular formula is C16H18N2S. The van der Waals surface area contributed by atoms with Gasteiger partial charge in [-0.2, -0.15) is 0 Å². The molecule has 2 aromatic rings. The molecule has 3 heteroatoms. The van der Waals surface area contributed by atoms with Gasteiger partial charge < -0.3 is 10.6 Å². The van der Waals surface area contributed by atoms with Crippen LogP contribution >= 0.6 is 12.2 Å². The van der Waals surface area contributed by atoms with Crippen LogP contribution in [0.5, 0.6) is 0 Å². The molecule has 0 atom stereocenters. The number of hydrogen-bond acceptors (Lipinski definition) is 2. The normalized spacial score (nSPS) is 10.2. The van der Waals surface area contributed by atoms with Crippen molar-refractivity contribution in [3.63, 3.8) is 0 Å². The van der Waals surface area contributed by atoms with Crippen LogP contribution in [0.15, 0.2) is 48.5 Å². The van der Waals surface area contributed by atoms with Crippen molar-refractivity contribution in [3.05, 3.63) is 59.7 Å². The fourth-order valence-corrected chi connectivity index (χ4v) is 2.31. The molecule has 0 saturated carbocycles. The van der Waals surface area contributed by atoms with Gasteiger partial charge in [0.2, 0.25) is 0 Å². The van der Waals surface area contributed by atoms with E-state index in [0.29, 0.717) is 4.99 Å². The molecule has 0 heterocycles. The molecule has 0 amide bonds. The standard InChI is InChI=1S/C16H18N2S/c1-3-18(13-10-8-12(2)9-11-13)15-7-5-4-6-14(15)16(17)19/h4-11H,3H2,1-2H3,(H2,17,19). The molecule has 0 unspecified atom stereocenters. The predicted octanol–water partition coefficient (Wildman–Crippen LogP) is 3.79. The Morgan fingerprint density at radius 1 is 1.11 bits per heavy atom. The summed E-state index contributed by atoms with van der Waals surface area (Å²) in [5.41, 5.74) is 10.2. The Morgan fingerprint density at radius 2 is 1.74 bits per heavy atom. The zero-order valence-corrected chi connectivity index (χ0v) is 12.1. The minimum absolute atomic E-state index is 0.432. The first-order valence-corrected chi connectivity index (χ1v) is 6.77. The van der Waals surface area contributed by atoms with Crippen molar-refractivity contribution in [3.8, 4) is 0 Å². The second-order valence-corrected chi connectivity index (χ2v) is 4.90. The lowest BCUT2D eigenvalue weighted by atomic mass is 10.1. The Bertz CT molecular complexity index is 576. The van der Waals surface area contributed by atoms with Gasteiger partial charge in [0.1, 0.15) is 4.99 Å². The van der Waals surface area contributed by atoms with Crippen molar-refractivity contribution < 1.29 is 0 Å². The van der Waals surface area contributed by atoms with Crippen molar-refractivity contribution in [1.29, 1.82) is 0 Å². The van der Waals surface area contributed by atoms with E-state index in [0.717, 1.165) is 23.5 Å². The molecule has 0 spiro atoms. The third-order valence-corrected chi connectivity index (χ3v) is 3.34. The van der Waals surface area contributed by atoms with Crippen LogP contribution in [0.3, 0.4) is 0 Å². The van der Waals surface area contributed by atoms with E-state index in [1.54, 1.807) is 0 Å². The molecule has 19 heavy (non-hydrogen) atoms. The van der Waals surface area contributed by atoms with Crippen LogP contribution in [0.25, 0.3) is 0 Å².